The summed E-state index contributed by atoms with van der Waals surface area (Å²) >= 11 is 1.52. The van der Waals surface area contributed by atoms with Crippen molar-refractivity contribution in [1.82, 2.24) is 15.2 Å². The first-order valence-corrected chi connectivity index (χ1v) is 6.50. The second-order valence-corrected chi connectivity index (χ2v) is 4.98. The van der Waals surface area contributed by atoms with Crippen LogP contribution in [-0.4, -0.2) is 34.3 Å². The molecule has 1 aliphatic heterocycles. The van der Waals surface area contributed by atoms with Crippen molar-refractivity contribution in [3.8, 4) is 0 Å². The van der Waals surface area contributed by atoms with Gasteiger partial charge in [-0.1, -0.05) is 6.92 Å². The fourth-order valence-electron chi connectivity index (χ4n) is 2.02. The van der Waals surface area contributed by atoms with Gasteiger partial charge in [0, 0.05) is 11.6 Å². The van der Waals surface area contributed by atoms with Gasteiger partial charge >= 0.3 is 0 Å². The zero-order valence-corrected chi connectivity index (χ0v) is 10.7. The number of carbonyl (C=O) groups is 2. The fourth-order valence-corrected chi connectivity index (χ4v) is 2.86. The second kappa shape index (κ2) is 4.83. The van der Waals surface area contributed by atoms with E-state index in [0.717, 1.165) is 11.4 Å². The Morgan fingerprint density at radius 3 is 3.00 bits per heavy atom. The number of nitrogens with one attached hydrogen (secondary N) is 1. The Kier molecular flexibility index (Phi) is 3.42. The van der Waals surface area contributed by atoms with Crippen LogP contribution >= 0.6 is 11.3 Å². The van der Waals surface area contributed by atoms with Gasteiger partial charge < -0.3 is 10.2 Å². The van der Waals surface area contributed by atoms with Gasteiger partial charge in [0.1, 0.15) is 17.6 Å². The first kappa shape index (κ1) is 12.0. The lowest BCUT2D eigenvalue weighted by atomic mass is 10.1. The molecule has 0 saturated carbocycles. The first-order valence-electron chi connectivity index (χ1n) is 5.62. The molecule has 1 N–H and O–H groups in total. The van der Waals surface area contributed by atoms with E-state index in [4.69, 9.17) is 0 Å². The zero-order valence-electron chi connectivity index (χ0n) is 9.84. The number of thiazole rings is 1. The third-order valence-corrected chi connectivity index (χ3v) is 3.72. The Bertz CT molecular complexity index is 418. The lowest BCUT2D eigenvalue weighted by molar-refractivity contribution is -0.146. The fraction of sp³-hybridized carbons (Fsp3) is 0.545. The molecular weight excluding hydrogens is 238 g/mol. The molecule has 2 rings (SSSR count). The van der Waals surface area contributed by atoms with Crippen LogP contribution in [0.1, 0.15) is 31.3 Å². The Morgan fingerprint density at radius 2 is 2.41 bits per heavy atom. The van der Waals surface area contributed by atoms with Gasteiger partial charge in [-0.05, 0) is 13.3 Å². The number of piperazine rings is 1. The molecule has 2 unspecified atom stereocenters. The number of nitrogens with zero attached hydrogens (tertiary/aromatic N) is 2. The molecule has 1 aliphatic rings. The van der Waals surface area contributed by atoms with Crippen LogP contribution in [0.3, 0.4) is 0 Å². The van der Waals surface area contributed by atoms with Crippen molar-refractivity contribution in [2.24, 2.45) is 0 Å². The summed E-state index contributed by atoms with van der Waals surface area (Å²) in [5.74, 6) is -0.140. The lowest BCUT2D eigenvalue weighted by Gasteiger charge is -2.35. The number of amides is 2. The van der Waals surface area contributed by atoms with E-state index in [0.29, 0.717) is 0 Å². The highest BCUT2D eigenvalue weighted by molar-refractivity contribution is 7.09. The van der Waals surface area contributed by atoms with Crippen molar-refractivity contribution in [2.45, 2.75) is 32.4 Å². The topological polar surface area (TPSA) is 62.3 Å². The molecule has 1 fully saturated rings. The van der Waals surface area contributed by atoms with Crippen LogP contribution < -0.4 is 5.32 Å². The average Bonchev–Trinajstić information content (AvgIpc) is 2.79. The minimum atomic E-state index is -0.440. The first-order chi connectivity index (χ1) is 8.13. The van der Waals surface area contributed by atoms with Crippen LogP contribution in [0, 0.1) is 0 Å². The number of aromatic nitrogens is 1. The highest BCUT2D eigenvalue weighted by Crippen LogP contribution is 2.27. The number of rotatable bonds is 3. The van der Waals surface area contributed by atoms with Crippen molar-refractivity contribution < 1.29 is 9.59 Å². The average molecular weight is 253 g/mol. The molecule has 6 heteroatoms. The van der Waals surface area contributed by atoms with Crippen LogP contribution in [0.4, 0.5) is 0 Å². The molecule has 0 bridgehead atoms. The van der Waals surface area contributed by atoms with Gasteiger partial charge in [-0.15, -0.1) is 11.3 Å². The molecule has 2 heterocycles. The standard InChI is InChI=1S/C11H15N3O2S/c1-3-8(10-12-4-5-17-10)14-6-9(15)13-7(2)11(14)16/h4-5,7-8H,3,6H2,1-2H3,(H,13,15). The van der Waals surface area contributed by atoms with Gasteiger partial charge in [0.05, 0.1) is 6.04 Å². The lowest BCUT2D eigenvalue weighted by Crippen LogP contribution is -2.57. The highest BCUT2D eigenvalue weighted by Gasteiger charge is 2.34. The maximum Gasteiger partial charge on any atom is 0.245 e. The predicted octanol–water partition coefficient (Wildman–Crippen LogP) is 0.941. The molecular formula is C11H15N3O2S. The van der Waals surface area contributed by atoms with Crippen molar-refractivity contribution in [3.05, 3.63) is 16.6 Å². The van der Waals surface area contributed by atoms with Gasteiger partial charge in [-0.2, -0.15) is 0 Å². The predicted molar refractivity (Wildman–Crippen MR) is 64.5 cm³/mol. The maximum atomic E-state index is 12.1. The van der Waals surface area contributed by atoms with Crippen LogP contribution in [0.2, 0.25) is 0 Å². The van der Waals surface area contributed by atoms with Crippen LogP contribution in [-0.2, 0) is 9.59 Å². The SMILES string of the molecule is CCC(c1nccs1)N1CC(=O)NC(C)C1=O. The van der Waals surface area contributed by atoms with Gasteiger partial charge in [-0.3, -0.25) is 9.59 Å². The summed E-state index contributed by atoms with van der Waals surface area (Å²) in [5, 5.41) is 5.41. The van der Waals surface area contributed by atoms with E-state index in [1.54, 1.807) is 18.0 Å². The summed E-state index contributed by atoms with van der Waals surface area (Å²) in [6, 6.07) is -0.527. The number of hydrogen-bond acceptors (Lipinski definition) is 4. The molecule has 0 aromatic carbocycles. The van der Waals surface area contributed by atoms with Crippen molar-refractivity contribution >= 4 is 23.2 Å². The third kappa shape index (κ3) is 2.31. The van der Waals surface area contributed by atoms with Gasteiger partial charge in [0.15, 0.2) is 0 Å². The van der Waals surface area contributed by atoms with E-state index in [1.165, 1.54) is 11.3 Å². The summed E-state index contributed by atoms with van der Waals surface area (Å²) < 4.78 is 0. The summed E-state index contributed by atoms with van der Waals surface area (Å²) in [6.07, 6.45) is 2.49. The van der Waals surface area contributed by atoms with Crippen molar-refractivity contribution in [1.29, 1.82) is 0 Å². The maximum absolute atomic E-state index is 12.1. The van der Waals surface area contributed by atoms with Crippen molar-refractivity contribution in [2.75, 3.05) is 6.54 Å². The van der Waals surface area contributed by atoms with E-state index < -0.39 is 6.04 Å². The molecule has 1 aromatic heterocycles. The minimum absolute atomic E-state index is 0.0355. The third-order valence-electron chi connectivity index (χ3n) is 2.84. The van der Waals surface area contributed by atoms with Crippen LogP contribution in [0.15, 0.2) is 11.6 Å². The largest absolute Gasteiger partial charge is 0.343 e. The molecule has 1 saturated heterocycles. The molecule has 0 aliphatic carbocycles. The Morgan fingerprint density at radius 1 is 1.65 bits per heavy atom. The molecule has 2 amide bonds. The van der Waals surface area contributed by atoms with Gasteiger partial charge in [-0.25, -0.2) is 4.98 Å². The van der Waals surface area contributed by atoms with Crippen LogP contribution in [0.25, 0.3) is 0 Å². The van der Waals surface area contributed by atoms with Crippen LogP contribution in [0.5, 0.6) is 0 Å². The van der Waals surface area contributed by atoms with E-state index in [2.05, 4.69) is 10.3 Å². The van der Waals surface area contributed by atoms with Gasteiger partial charge in [0.25, 0.3) is 0 Å². The molecule has 17 heavy (non-hydrogen) atoms. The van der Waals surface area contributed by atoms with Gasteiger partial charge in [0.2, 0.25) is 11.8 Å². The molecule has 92 valence electrons. The summed E-state index contributed by atoms with van der Waals surface area (Å²) in [5.41, 5.74) is 0. The zero-order chi connectivity index (χ0) is 12.4. The Hall–Kier alpha value is -1.43. The minimum Gasteiger partial charge on any atom is -0.343 e. The summed E-state index contributed by atoms with van der Waals surface area (Å²) in [7, 11) is 0. The smallest absolute Gasteiger partial charge is 0.245 e. The molecule has 0 radical (unpaired) electrons. The van der Waals surface area contributed by atoms with E-state index in [-0.39, 0.29) is 24.4 Å². The van der Waals surface area contributed by atoms with E-state index in [1.807, 2.05) is 12.3 Å². The Labute approximate surface area is 104 Å². The summed E-state index contributed by atoms with van der Waals surface area (Å²) in [4.78, 5) is 29.4. The number of hydrogen-bond donors (Lipinski definition) is 1. The monoisotopic (exact) mass is 253 g/mol. The molecule has 5 nitrogen and oxygen atoms in total. The summed E-state index contributed by atoms with van der Waals surface area (Å²) in [6.45, 7) is 3.83. The molecule has 2 atom stereocenters. The quantitative estimate of drug-likeness (QED) is 0.872. The van der Waals surface area contributed by atoms with E-state index in [9.17, 15) is 9.59 Å². The highest BCUT2D eigenvalue weighted by atomic mass is 32.1. The molecule has 1 aromatic rings. The van der Waals surface area contributed by atoms with E-state index >= 15 is 0 Å². The Balaban J connectivity index is 2.24. The van der Waals surface area contributed by atoms with Crippen molar-refractivity contribution in [3.63, 3.8) is 0 Å². The molecule has 0 spiro atoms. The second-order valence-electron chi connectivity index (χ2n) is 4.05. The number of carbonyl (C=O) groups excluding carboxylic acids is 2. The normalized spacial score (nSPS) is 22.5.